The van der Waals surface area contributed by atoms with Crippen LogP contribution in [0.3, 0.4) is 0 Å². The van der Waals surface area contributed by atoms with Crippen molar-refractivity contribution in [2.75, 3.05) is 6.54 Å². The Kier molecular flexibility index (Phi) is 4.39. The van der Waals surface area contributed by atoms with Gasteiger partial charge in [-0.1, -0.05) is 13.8 Å². The zero-order valence-corrected chi connectivity index (χ0v) is 14.8. The molecule has 24 heavy (non-hydrogen) atoms. The largest absolute Gasteiger partial charge is 0.350 e. The van der Waals surface area contributed by atoms with Crippen LogP contribution in [0.4, 0.5) is 0 Å². The summed E-state index contributed by atoms with van der Waals surface area (Å²) >= 11 is 0. The highest BCUT2D eigenvalue weighted by Gasteiger charge is 2.43. The summed E-state index contributed by atoms with van der Waals surface area (Å²) in [6, 6.07) is 3.75. The number of nitrogens with zero attached hydrogens (tertiary/aromatic N) is 4. The number of amides is 1. The van der Waals surface area contributed by atoms with Crippen molar-refractivity contribution in [1.29, 1.82) is 0 Å². The first-order valence-electron chi connectivity index (χ1n) is 8.51. The first kappa shape index (κ1) is 16.6. The van der Waals surface area contributed by atoms with Crippen molar-refractivity contribution in [2.45, 2.75) is 53.0 Å². The van der Waals surface area contributed by atoms with E-state index in [9.17, 15) is 4.79 Å². The van der Waals surface area contributed by atoms with Crippen LogP contribution in [0.5, 0.6) is 0 Å². The highest BCUT2D eigenvalue weighted by atomic mass is 16.1. The fraction of sp³-hybridized carbons (Fsp3) is 0.556. The Morgan fingerprint density at radius 3 is 2.71 bits per heavy atom. The minimum atomic E-state index is -0.126. The molecule has 0 aromatic carbocycles. The highest BCUT2D eigenvalue weighted by molar-refractivity contribution is 5.92. The highest BCUT2D eigenvalue weighted by Crippen LogP contribution is 2.46. The summed E-state index contributed by atoms with van der Waals surface area (Å²) < 4.78 is 2.05. The van der Waals surface area contributed by atoms with Gasteiger partial charge in [0.1, 0.15) is 11.5 Å². The van der Waals surface area contributed by atoms with Gasteiger partial charge in [0, 0.05) is 36.3 Å². The molecule has 0 aliphatic heterocycles. The number of hydrogen-bond acceptors (Lipinski definition) is 4. The predicted octanol–water partition coefficient (Wildman–Crippen LogP) is 2.62. The second-order valence-corrected chi connectivity index (χ2v) is 7.22. The van der Waals surface area contributed by atoms with Gasteiger partial charge in [-0.3, -0.25) is 9.48 Å². The lowest BCUT2D eigenvalue weighted by molar-refractivity contribution is 0.0937. The first-order valence-corrected chi connectivity index (χ1v) is 8.51. The molecular formula is C18H25N5O. The molecule has 0 atom stereocenters. The zero-order chi connectivity index (χ0) is 17.3. The maximum Gasteiger partial charge on any atom is 0.270 e. The van der Waals surface area contributed by atoms with Crippen molar-refractivity contribution in [3.8, 4) is 0 Å². The third-order valence-corrected chi connectivity index (χ3v) is 4.59. The molecule has 0 bridgehead atoms. The maximum atomic E-state index is 12.4. The SMILES string of the molecule is Cc1cc(C)n(CC2(CNC(=O)c3ccnc(C(C)C)n3)CC2)n1. The van der Waals surface area contributed by atoms with Crippen LogP contribution >= 0.6 is 0 Å². The van der Waals surface area contributed by atoms with Gasteiger partial charge in [0.25, 0.3) is 5.91 Å². The van der Waals surface area contributed by atoms with E-state index in [1.165, 1.54) is 5.69 Å². The molecule has 0 saturated heterocycles. The summed E-state index contributed by atoms with van der Waals surface area (Å²) in [6.07, 6.45) is 3.89. The maximum absolute atomic E-state index is 12.4. The molecule has 0 unspecified atom stereocenters. The minimum Gasteiger partial charge on any atom is -0.350 e. The number of nitrogens with one attached hydrogen (secondary N) is 1. The second kappa shape index (κ2) is 6.34. The molecule has 6 heteroatoms. The number of carbonyl (C=O) groups is 1. The van der Waals surface area contributed by atoms with Gasteiger partial charge < -0.3 is 5.32 Å². The molecule has 1 aliphatic rings. The molecule has 2 aromatic rings. The minimum absolute atomic E-state index is 0.126. The van der Waals surface area contributed by atoms with Crippen LogP contribution < -0.4 is 5.32 Å². The Morgan fingerprint density at radius 1 is 1.38 bits per heavy atom. The van der Waals surface area contributed by atoms with Gasteiger partial charge in [-0.15, -0.1) is 0 Å². The molecule has 6 nitrogen and oxygen atoms in total. The molecule has 0 radical (unpaired) electrons. The van der Waals surface area contributed by atoms with E-state index in [1.807, 2.05) is 20.8 Å². The molecule has 0 spiro atoms. The van der Waals surface area contributed by atoms with E-state index in [0.29, 0.717) is 18.1 Å². The quantitative estimate of drug-likeness (QED) is 0.885. The van der Waals surface area contributed by atoms with Gasteiger partial charge in [-0.2, -0.15) is 5.10 Å². The summed E-state index contributed by atoms with van der Waals surface area (Å²) in [5.41, 5.74) is 2.78. The topological polar surface area (TPSA) is 72.7 Å². The lowest BCUT2D eigenvalue weighted by atomic mass is 10.1. The Labute approximate surface area is 142 Å². The lowest BCUT2D eigenvalue weighted by Gasteiger charge is -2.17. The molecule has 3 rings (SSSR count). The van der Waals surface area contributed by atoms with Crippen molar-refractivity contribution in [2.24, 2.45) is 5.41 Å². The predicted molar refractivity (Wildman–Crippen MR) is 91.8 cm³/mol. The molecule has 1 N–H and O–H groups in total. The van der Waals surface area contributed by atoms with E-state index in [-0.39, 0.29) is 17.2 Å². The van der Waals surface area contributed by atoms with Gasteiger partial charge in [0.15, 0.2) is 0 Å². The van der Waals surface area contributed by atoms with Gasteiger partial charge in [0.2, 0.25) is 0 Å². The van der Waals surface area contributed by atoms with Crippen molar-refractivity contribution in [3.63, 3.8) is 0 Å². The fourth-order valence-electron chi connectivity index (χ4n) is 2.86. The van der Waals surface area contributed by atoms with Gasteiger partial charge in [-0.25, -0.2) is 9.97 Å². The average molecular weight is 327 g/mol. The van der Waals surface area contributed by atoms with Crippen molar-refractivity contribution < 1.29 is 4.79 Å². The number of hydrogen-bond donors (Lipinski definition) is 1. The second-order valence-electron chi connectivity index (χ2n) is 7.22. The van der Waals surface area contributed by atoms with E-state index < -0.39 is 0 Å². The Balaban J connectivity index is 1.62. The molecule has 128 valence electrons. The van der Waals surface area contributed by atoms with Crippen LogP contribution in [0.1, 0.15) is 60.3 Å². The van der Waals surface area contributed by atoms with Crippen LogP contribution in [0.15, 0.2) is 18.3 Å². The monoisotopic (exact) mass is 327 g/mol. The zero-order valence-electron chi connectivity index (χ0n) is 14.8. The lowest BCUT2D eigenvalue weighted by Crippen LogP contribution is -2.33. The number of rotatable bonds is 6. The smallest absolute Gasteiger partial charge is 0.270 e. The normalized spacial score (nSPS) is 15.5. The molecule has 1 fully saturated rings. The van der Waals surface area contributed by atoms with Crippen LogP contribution in [0.2, 0.25) is 0 Å². The van der Waals surface area contributed by atoms with Gasteiger partial charge in [0.05, 0.1) is 5.69 Å². The van der Waals surface area contributed by atoms with Crippen LogP contribution in [0.25, 0.3) is 0 Å². The first-order chi connectivity index (χ1) is 11.4. The number of aryl methyl sites for hydroxylation is 2. The standard InChI is InChI=1S/C18H25N5O/c1-12(2)16-19-8-5-15(21-16)17(24)20-10-18(6-7-18)11-23-14(4)9-13(3)22-23/h5,8-9,12H,6-7,10-11H2,1-4H3,(H,20,24). The summed E-state index contributed by atoms with van der Waals surface area (Å²) in [5, 5.41) is 7.58. The van der Waals surface area contributed by atoms with E-state index in [0.717, 1.165) is 25.1 Å². The van der Waals surface area contributed by atoms with Crippen LogP contribution in [-0.4, -0.2) is 32.2 Å². The molecule has 1 aliphatic carbocycles. The Morgan fingerprint density at radius 2 is 2.12 bits per heavy atom. The van der Waals surface area contributed by atoms with Crippen molar-refractivity contribution in [1.82, 2.24) is 25.1 Å². The Bertz CT molecular complexity index is 746. The van der Waals surface area contributed by atoms with E-state index in [2.05, 4.69) is 38.1 Å². The molecule has 2 heterocycles. The Hall–Kier alpha value is -2.24. The van der Waals surface area contributed by atoms with E-state index in [1.54, 1.807) is 12.3 Å². The van der Waals surface area contributed by atoms with Crippen molar-refractivity contribution in [3.05, 3.63) is 41.2 Å². The van der Waals surface area contributed by atoms with Crippen molar-refractivity contribution >= 4 is 5.91 Å². The number of aromatic nitrogens is 4. The van der Waals surface area contributed by atoms with Gasteiger partial charge in [-0.05, 0) is 38.8 Å². The summed E-state index contributed by atoms with van der Waals surface area (Å²) in [4.78, 5) is 21.0. The average Bonchev–Trinajstić information content (AvgIpc) is 3.24. The van der Waals surface area contributed by atoms with E-state index >= 15 is 0 Å². The number of carbonyl (C=O) groups excluding carboxylic acids is 1. The van der Waals surface area contributed by atoms with E-state index in [4.69, 9.17) is 0 Å². The summed E-state index contributed by atoms with van der Waals surface area (Å²) in [5.74, 6) is 0.781. The summed E-state index contributed by atoms with van der Waals surface area (Å²) in [7, 11) is 0. The van der Waals surface area contributed by atoms with Gasteiger partial charge >= 0.3 is 0 Å². The fourth-order valence-corrected chi connectivity index (χ4v) is 2.86. The third kappa shape index (κ3) is 3.63. The third-order valence-electron chi connectivity index (χ3n) is 4.59. The molecule has 1 saturated carbocycles. The molecular weight excluding hydrogens is 302 g/mol. The molecule has 1 amide bonds. The molecule has 2 aromatic heterocycles. The summed E-state index contributed by atoms with van der Waals surface area (Å²) in [6.45, 7) is 9.63. The van der Waals surface area contributed by atoms with Crippen LogP contribution in [-0.2, 0) is 6.54 Å². The van der Waals surface area contributed by atoms with Crippen LogP contribution in [0, 0.1) is 19.3 Å².